The van der Waals surface area contributed by atoms with Crippen LogP contribution in [0.5, 0.6) is 0 Å². The minimum Gasteiger partial charge on any atom is -0.363 e. The molecule has 1 heterocycles. The van der Waals surface area contributed by atoms with E-state index < -0.39 is 0 Å². The van der Waals surface area contributed by atoms with Crippen molar-refractivity contribution in [3.05, 3.63) is 0 Å². The number of hydrogen-bond donors (Lipinski definition) is 0. The van der Waals surface area contributed by atoms with Gasteiger partial charge in [0.05, 0.1) is 6.07 Å². The highest BCUT2D eigenvalue weighted by Gasteiger charge is 2.10. The molecule has 0 bridgehead atoms. The van der Waals surface area contributed by atoms with E-state index in [0.29, 0.717) is 0 Å². The van der Waals surface area contributed by atoms with E-state index in [1.165, 1.54) is 0 Å². The summed E-state index contributed by atoms with van der Waals surface area (Å²) in [7, 11) is 0. The summed E-state index contributed by atoms with van der Waals surface area (Å²) >= 11 is 0. The zero-order valence-corrected chi connectivity index (χ0v) is 4.76. The van der Waals surface area contributed by atoms with E-state index >= 15 is 0 Å². The molecule has 0 N–H and O–H groups in total. The molecule has 0 aliphatic carbocycles. The minimum absolute atomic E-state index is 0.108. The van der Waals surface area contributed by atoms with Crippen molar-refractivity contribution < 1.29 is 4.74 Å². The molecule has 44 valence electrons. The van der Waals surface area contributed by atoms with Crippen LogP contribution in [0.2, 0.25) is 0 Å². The van der Waals surface area contributed by atoms with Gasteiger partial charge in [0.1, 0.15) is 6.10 Å². The second-order valence-corrected chi connectivity index (χ2v) is 1.98. The molecular weight excluding hydrogens is 102 g/mol. The van der Waals surface area contributed by atoms with Gasteiger partial charge in [-0.3, -0.25) is 0 Å². The van der Waals surface area contributed by atoms with Gasteiger partial charge in [-0.05, 0) is 19.3 Å². The Bertz CT molecular complexity index is 99.6. The highest BCUT2D eigenvalue weighted by atomic mass is 16.5. The molecule has 0 aromatic rings. The molecule has 0 aromatic heterocycles. The predicted molar refractivity (Wildman–Crippen MR) is 29.2 cm³/mol. The first-order valence-corrected chi connectivity index (χ1v) is 2.94. The van der Waals surface area contributed by atoms with Gasteiger partial charge in [0, 0.05) is 6.61 Å². The van der Waals surface area contributed by atoms with E-state index in [4.69, 9.17) is 10.00 Å². The van der Waals surface area contributed by atoms with Gasteiger partial charge < -0.3 is 4.74 Å². The molecule has 1 fully saturated rings. The molecule has 0 amide bonds. The molecule has 1 saturated heterocycles. The quantitative estimate of drug-likeness (QED) is 0.468. The van der Waals surface area contributed by atoms with Crippen LogP contribution in [-0.2, 0) is 4.74 Å². The maximum absolute atomic E-state index is 8.32. The third-order valence-corrected chi connectivity index (χ3v) is 1.32. The van der Waals surface area contributed by atoms with E-state index in [0.717, 1.165) is 25.9 Å². The molecule has 1 unspecified atom stereocenters. The van der Waals surface area contributed by atoms with Crippen LogP contribution >= 0.6 is 0 Å². The highest BCUT2D eigenvalue weighted by molar-refractivity contribution is 4.85. The number of ether oxygens (including phenoxy) is 1. The summed E-state index contributed by atoms with van der Waals surface area (Å²) in [5.74, 6) is 0. The summed E-state index contributed by atoms with van der Waals surface area (Å²) in [6, 6.07) is 2.08. The molecule has 2 heteroatoms. The lowest BCUT2D eigenvalue weighted by Crippen LogP contribution is -2.16. The molecule has 2 nitrogen and oxygen atoms in total. The summed E-state index contributed by atoms with van der Waals surface area (Å²) in [5, 5.41) is 8.32. The lowest BCUT2D eigenvalue weighted by Gasteiger charge is -2.14. The lowest BCUT2D eigenvalue weighted by atomic mass is 10.1. The smallest absolute Gasteiger partial charge is 0.143 e. The number of rotatable bonds is 0. The van der Waals surface area contributed by atoms with Crippen molar-refractivity contribution in [2.45, 2.75) is 25.4 Å². The van der Waals surface area contributed by atoms with Crippen LogP contribution in [0.25, 0.3) is 0 Å². The molecule has 1 atom stereocenters. The summed E-state index contributed by atoms with van der Waals surface area (Å²) in [4.78, 5) is 0. The Kier molecular flexibility index (Phi) is 1.87. The van der Waals surface area contributed by atoms with Crippen molar-refractivity contribution in [2.24, 2.45) is 0 Å². The second-order valence-electron chi connectivity index (χ2n) is 1.98. The molecule has 1 aliphatic heterocycles. The Labute approximate surface area is 49.1 Å². The van der Waals surface area contributed by atoms with Crippen molar-refractivity contribution in [3.8, 4) is 6.07 Å². The van der Waals surface area contributed by atoms with Crippen molar-refractivity contribution >= 4 is 0 Å². The Morgan fingerprint density at radius 3 is 2.75 bits per heavy atom. The lowest BCUT2D eigenvalue weighted by molar-refractivity contribution is 0.0513. The van der Waals surface area contributed by atoms with Crippen molar-refractivity contribution in [1.29, 1.82) is 5.26 Å². The van der Waals surface area contributed by atoms with Crippen molar-refractivity contribution in [3.63, 3.8) is 0 Å². The molecule has 1 aliphatic rings. The van der Waals surface area contributed by atoms with Gasteiger partial charge in [-0.25, -0.2) is 0 Å². The van der Waals surface area contributed by atoms with Gasteiger partial charge >= 0.3 is 0 Å². The van der Waals surface area contributed by atoms with Crippen LogP contribution in [0.15, 0.2) is 0 Å². The molecule has 0 aromatic carbocycles. The van der Waals surface area contributed by atoms with Gasteiger partial charge in [0.25, 0.3) is 0 Å². The Morgan fingerprint density at radius 1 is 1.50 bits per heavy atom. The zero-order valence-electron chi connectivity index (χ0n) is 4.76. The number of nitrogens with zero attached hydrogens (tertiary/aromatic N) is 1. The maximum atomic E-state index is 8.32. The topological polar surface area (TPSA) is 33.0 Å². The first kappa shape index (κ1) is 5.58. The molecular formula is C6H9NO. The van der Waals surface area contributed by atoms with Gasteiger partial charge in [-0.2, -0.15) is 5.26 Å². The number of hydrogen-bond acceptors (Lipinski definition) is 2. The summed E-state index contributed by atoms with van der Waals surface area (Å²) in [6.07, 6.45) is 3.09. The first-order valence-electron chi connectivity index (χ1n) is 2.94. The highest BCUT2D eigenvalue weighted by Crippen LogP contribution is 2.10. The zero-order chi connectivity index (χ0) is 5.82. The standard InChI is InChI=1S/C6H9NO/c7-5-6-3-1-2-4-8-6/h6H,1-4H2. The molecule has 0 spiro atoms. The minimum atomic E-state index is -0.108. The number of nitriles is 1. The molecule has 0 saturated carbocycles. The fourth-order valence-electron chi connectivity index (χ4n) is 0.843. The molecule has 1 rings (SSSR count). The van der Waals surface area contributed by atoms with Crippen LogP contribution in [0.1, 0.15) is 19.3 Å². The SMILES string of the molecule is N#CC1CCCCO1. The van der Waals surface area contributed by atoms with Gasteiger partial charge in [0.15, 0.2) is 0 Å². The Balaban J connectivity index is 2.25. The Hall–Kier alpha value is -0.550. The summed E-state index contributed by atoms with van der Waals surface area (Å²) in [5.41, 5.74) is 0. The third kappa shape index (κ3) is 1.21. The van der Waals surface area contributed by atoms with E-state index in [2.05, 4.69) is 6.07 Å². The van der Waals surface area contributed by atoms with E-state index in [-0.39, 0.29) is 6.10 Å². The second kappa shape index (κ2) is 2.68. The first-order chi connectivity index (χ1) is 3.93. The van der Waals surface area contributed by atoms with Gasteiger partial charge in [0.2, 0.25) is 0 Å². The molecule has 8 heavy (non-hydrogen) atoms. The van der Waals surface area contributed by atoms with E-state index in [1.54, 1.807) is 0 Å². The Morgan fingerprint density at radius 2 is 2.38 bits per heavy atom. The van der Waals surface area contributed by atoms with Gasteiger partial charge in [-0.15, -0.1) is 0 Å². The van der Waals surface area contributed by atoms with Crippen molar-refractivity contribution in [2.75, 3.05) is 6.61 Å². The monoisotopic (exact) mass is 111 g/mol. The predicted octanol–water partition coefficient (Wildman–Crippen LogP) is 1.08. The van der Waals surface area contributed by atoms with Crippen LogP contribution < -0.4 is 0 Å². The fourth-order valence-corrected chi connectivity index (χ4v) is 0.843. The fraction of sp³-hybridized carbons (Fsp3) is 0.833. The third-order valence-electron chi connectivity index (χ3n) is 1.32. The van der Waals surface area contributed by atoms with E-state index in [9.17, 15) is 0 Å². The largest absolute Gasteiger partial charge is 0.363 e. The maximum Gasteiger partial charge on any atom is 0.143 e. The van der Waals surface area contributed by atoms with Crippen LogP contribution in [-0.4, -0.2) is 12.7 Å². The van der Waals surface area contributed by atoms with Crippen LogP contribution in [0.3, 0.4) is 0 Å². The molecule has 0 radical (unpaired) electrons. The van der Waals surface area contributed by atoms with Crippen molar-refractivity contribution in [1.82, 2.24) is 0 Å². The summed E-state index contributed by atoms with van der Waals surface area (Å²) < 4.78 is 5.07. The van der Waals surface area contributed by atoms with Crippen LogP contribution in [0, 0.1) is 11.3 Å². The normalized spacial score (nSPS) is 29.1. The van der Waals surface area contributed by atoms with Gasteiger partial charge in [-0.1, -0.05) is 0 Å². The average molecular weight is 111 g/mol. The van der Waals surface area contributed by atoms with Crippen LogP contribution in [0.4, 0.5) is 0 Å². The average Bonchev–Trinajstić information content (AvgIpc) is 1.90. The summed E-state index contributed by atoms with van der Waals surface area (Å²) in [6.45, 7) is 0.776. The van der Waals surface area contributed by atoms with E-state index in [1.807, 2.05) is 0 Å².